The molecule has 100 valence electrons. The van der Waals surface area contributed by atoms with Crippen molar-refractivity contribution in [1.82, 2.24) is 19.9 Å². The van der Waals surface area contributed by atoms with Crippen LogP contribution in [-0.2, 0) is 22.7 Å². The average molecular weight is 255 g/mol. The lowest BCUT2D eigenvalue weighted by Gasteiger charge is -2.19. The summed E-state index contributed by atoms with van der Waals surface area (Å²) in [7, 11) is 0. The zero-order valence-electron chi connectivity index (χ0n) is 10.2. The van der Waals surface area contributed by atoms with E-state index in [1.54, 1.807) is 13.1 Å². The van der Waals surface area contributed by atoms with Crippen LogP contribution in [0.2, 0.25) is 0 Å². The molecule has 8 heteroatoms. The van der Waals surface area contributed by atoms with E-state index in [0.29, 0.717) is 12.2 Å². The van der Waals surface area contributed by atoms with E-state index in [2.05, 4.69) is 10.3 Å². The van der Waals surface area contributed by atoms with Crippen molar-refractivity contribution in [3.8, 4) is 0 Å². The van der Waals surface area contributed by atoms with Crippen LogP contribution in [0, 0.1) is 0 Å². The molecule has 3 N–H and O–H groups in total. The van der Waals surface area contributed by atoms with Gasteiger partial charge in [-0.2, -0.15) is 0 Å². The molecule has 1 aromatic heterocycles. The molecule has 0 unspecified atom stereocenters. The number of aliphatic carboxylic acids is 1. The summed E-state index contributed by atoms with van der Waals surface area (Å²) in [6.45, 7) is 2.77. The van der Waals surface area contributed by atoms with E-state index in [1.165, 1.54) is 9.58 Å². The fourth-order valence-electron chi connectivity index (χ4n) is 1.44. The molecular formula is C10H17N5O3. The molecule has 0 saturated carbocycles. The minimum absolute atomic E-state index is 0.0421. The highest BCUT2D eigenvalue weighted by Gasteiger charge is 2.14. The minimum atomic E-state index is -0.924. The summed E-state index contributed by atoms with van der Waals surface area (Å²) in [5.74, 6) is -1.11. The minimum Gasteiger partial charge on any atom is -0.481 e. The highest BCUT2D eigenvalue weighted by Crippen LogP contribution is 1.97. The van der Waals surface area contributed by atoms with E-state index in [1.807, 2.05) is 0 Å². The Morgan fingerprint density at radius 3 is 2.78 bits per heavy atom. The summed E-state index contributed by atoms with van der Waals surface area (Å²) in [6, 6.07) is 0. The molecule has 0 aliphatic heterocycles. The molecule has 1 aromatic rings. The molecule has 18 heavy (non-hydrogen) atoms. The van der Waals surface area contributed by atoms with Gasteiger partial charge in [0, 0.05) is 19.6 Å². The first kappa shape index (κ1) is 14.1. The summed E-state index contributed by atoms with van der Waals surface area (Å²) >= 11 is 0. The van der Waals surface area contributed by atoms with Crippen LogP contribution in [0.3, 0.4) is 0 Å². The van der Waals surface area contributed by atoms with Crippen LogP contribution >= 0.6 is 0 Å². The van der Waals surface area contributed by atoms with Crippen molar-refractivity contribution in [3.05, 3.63) is 11.9 Å². The lowest BCUT2D eigenvalue weighted by molar-refractivity contribution is -0.138. The molecule has 1 amide bonds. The standard InChI is InChI=1S/C10H17N5O3/c1-2-14(4-3-10(17)18)9(16)7-15-6-8(5-11)12-13-15/h6H,2-5,7,11H2,1H3,(H,17,18). The molecule has 0 fully saturated rings. The lowest BCUT2D eigenvalue weighted by atomic mass is 10.3. The zero-order valence-corrected chi connectivity index (χ0v) is 10.2. The second-order valence-electron chi connectivity index (χ2n) is 3.73. The van der Waals surface area contributed by atoms with Gasteiger partial charge in [0.05, 0.1) is 18.3 Å². The molecular weight excluding hydrogens is 238 g/mol. The van der Waals surface area contributed by atoms with Gasteiger partial charge in [0.25, 0.3) is 0 Å². The largest absolute Gasteiger partial charge is 0.481 e. The third kappa shape index (κ3) is 4.13. The van der Waals surface area contributed by atoms with Gasteiger partial charge in [-0.1, -0.05) is 5.21 Å². The molecule has 0 saturated heterocycles. The normalized spacial score (nSPS) is 10.3. The van der Waals surface area contributed by atoms with Crippen LogP contribution in [0.25, 0.3) is 0 Å². The fraction of sp³-hybridized carbons (Fsp3) is 0.600. The number of rotatable bonds is 7. The molecule has 0 aliphatic carbocycles. The third-order valence-corrected chi connectivity index (χ3v) is 2.42. The number of carboxylic acids is 1. The molecule has 0 spiro atoms. The predicted molar refractivity (Wildman–Crippen MR) is 62.4 cm³/mol. The molecule has 0 atom stereocenters. The second-order valence-corrected chi connectivity index (χ2v) is 3.73. The highest BCUT2D eigenvalue weighted by molar-refractivity contribution is 5.76. The molecule has 1 rings (SSSR count). The Bertz CT molecular complexity index is 417. The van der Waals surface area contributed by atoms with Crippen molar-refractivity contribution in [2.24, 2.45) is 5.73 Å². The van der Waals surface area contributed by atoms with Crippen LogP contribution in [0.1, 0.15) is 19.0 Å². The highest BCUT2D eigenvalue weighted by atomic mass is 16.4. The fourth-order valence-corrected chi connectivity index (χ4v) is 1.44. The van der Waals surface area contributed by atoms with Gasteiger partial charge >= 0.3 is 5.97 Å². The summed E-state index contributed by atoms with van der Waals surface area (Å²) in [6.07, 6.45) is 1.54. The van der Waals surface area contributed by atoms with Crippen molar-refractivity contribution in [1.29, 1.82) is 0 Å². The Hall–Kier alpha value is -1.96. The van der Waals surface area contributed by atoms with Crippen molar-refractivity contribution < 1.29 is 14.7 Å². The van der Waals surface area contributed by atoms with Crippen molar-refractivity contribution in [3.63, 3.8) is 0 Å². The summed E-state index contributed by atoms with van der Waals surface area (Å²) in [5, 5.41) is 16.1. The quantitative estimate of drug-likeness (QED) is 0.650. The number of carbonyl (C=O) groups is 2. The molecule has 1 heterocycles. The van der Waals surface area contributed by atoms with Crippen LogP contribution in [-0.4, -0.2) is 50.0 Å². The zero-order chi connectivity index (χ0) is 13.5. The summed E-state index contributed by atoms with van der Waals surface area (Å²) < 4.78 is 1.40. The van der Waals surface area contributed by atoms with Crippen LogP contribution in [0.15, 0.2) is 6.20 Å². The third-order valence-electron chi connectivity index (χ3n) is 2.42. The number of hydrogen-bond donors (Lipinski definition) is 2. The van der Waals surface area contributed by atoms with Gasteiger partial charge in [0.15, 0.2) is 0 Å². The van der Waals surface area contributed by atoms with Gasteiger partial charge in [-0.3, -0.25) is 9.59 Å². The van der Waals surface area contributed by atoms with Crippen LogP contribution < -0.4 is 5.73 Å². The maximum Gasteiger partial charge on any atom is 0.305 e. The first-order valence-corrected chi connectivity index (χ1v) is 5.65. The maximum absolute atomic E-state index is 11.9. The van der Waals surface area contributed by atoms with E-state index in [-0.39, 0.29) is 32.0 Å². The van der Waals surface area contributed by atoms with Gasteiger partial charge in [0.1, 0.15) is 6.54 Å². The summed E-state index contributed by atoms with van der Waals surface area (Å²) in [5.41, 5.74) is 5.99. The Balaban J connectivity index is 2.53. The molecule has 8 nitrogen and oxygen atoms in total. The van der Waals surface area contributed by atoms with Gasteiger partial charge in [0.2, 0.25) is 5.91 Å². The number of aromatic nitrogens is 3. The smallest absolute Gasteiger partial charge is 0.305 e. The monoisotopic (exact) mass is 255 g/mol. The Labute approximate surface area is 104 Å². The number of amides is 1. The Morgan fingerprint density at radius 2 is 2.28 bits per heavy atom. The van der Waals surface area contributed by atoms with Gasteiger partial charge in [-0.25, -0.2) is 4.68 Å². The number of nitrogens with two attached hydrogens (primary N) is 1. The van der Waals surface area contributed by atoms with E-state index in [0.717, 1.165) is 0 Å². The maximum atomic E-state index is 11.9. The number of carbonyl (C=O) groups excluding carboxylic acids is 1. The van der Waals surface area contributed by atoms with Crippen molar-refractivity contribution in [2.75, 3.05) is 13.1 Å². The van der Waals surface area contributed by atoms with Gasteiger partial charge in [-0.05, 0) is 6.92 Å². The average Bonchev–Trinajstić information content (AvgIpc) is 2.77. The SMILES string of the molecule is CCN(CCC(=O)O)C(=O)Cn1cc(CN)nn1. The van der Waals surface area contributed by atoms with Crippen molar-refractivity contribution >= 4 is 11.9 Å². The number of hydrogen-bond acceptors (Lipinski definition) is 5. The first-order valence-electron chi connectivity index (χ1n) is 5.65. The molecule has 0 bridgehead atoms. The number of likely N-dealkylation sites (N-methyl/N-ethyl adjacent to an activating group) is 1. The lowest BCUT2D eigenvalue weighted by Crippen LogP contribution is -2.35. The molecule has 0 aromatic carbocycles. The van der Waals surface area contributed by atoms with Gasteiger partial charge < -0.3 is 15.7 Å². The molecule has 0 radical (unpaired) electrons. The summed E-state index contributed by atoms with van der Waals surface area (Å²) in [4.78, 5) is 23.8. The first-order chi connectivity index (χ1) is 8.56. The Morgan fingerprint density at radius 1 is 1.56 bits per heavy atom. The van der Waals surface area contributed by atoms with E-state index >= 15 is 0 Å². The van der Waals surface area contributed by atoms with E-state index in [9.17, 15) is 9.59 Å². The van der Waals surface area contributed by atoms with E-state index < -0.39 is 5.97 Å². The Kier molecular flexibility index (Phi) is 5.25. The second kappa shape index (κ2) is 6.70. The number of carboxylic acid groups (broad SMARTS) is 1. The topological polar surface area (TPSA) is 114 Å². The van der Waals surface area contributed by atoms with Crippen molar-refractivity contribution in [2.45, 2.75) is 26.4 Å². The predicted octanol–water partition coefficient (Wildman–Crippen LogP) is -0.940. The van der Waals surface area contributed by atoms with Gasteiger partial charge in [-0.15, -0.1) is 5.10 Å². The van der Waals surface area contributed by atoms with E-state index in [4.69, 9.17) is 10.8 Å². The van der Waals surface area contributed by atoms with Crippen LogP contribution in [0.4, 0.5) is 0 Å². The molecule has 0 aliphatic rings. The number of nitrogens with zero attached hydrogens (tertiary/aromatic N) is 4. The van der Waals surface area contributed by atoms with Crippen LogP contribution in [0.5, 0.6) is 0 Å².